The number of piperidine rings is 1. The number of aryl methyl sites for hydroxylation is 1. The first-order valence-electron chi connectivity index (χ1n) is 10.9. The van der Waals surface area contributed by atoms with Gasteiger partial charge in [-0.15, -0.1) is 0 Å². The number of para-hydroxylation sites is 1. The van der Waals surface area contributed by atoms with E-state index in [1.807, 2.05) is 61.5 Å². The SMILES string of the molecule is COc1ccccc1[C@@H](C)NC(=O)[C@H]1CCCN(S(=O)(=O)CCCc2ccccc2)C1. The van der Waals surface area contributed by atoms with Crippen LogP contribution in [0.25, 0.3) is 0 Å². The van der Waals surface area contributed by atoms with Crippen LogP contribution in [0, 0.1) is 5.92 Å². The summed E-state index contributed by atoms with van der Waals surface area (Å²) in [7, 11) is -1.77. The summed E-state index contributed by atoms with van der Waals surface area (Å²) >= 11 is 0. The van der Waals surface area contributed by atoms with Gasteiger partial charge in [0.15, 0.2) is 0 Å². The summed E-state index contributed by atoms with van der Waals surface area (Å²) < 4.78 is 32.6. The summed E-state index contributed by atoms with van der Waals surface area (Å²) in [6.07, 6.45) is 2.69. The molecule has 1 amide bonds. The molecule has 0 spiro atoms. The number of methoxy groups -OCH3 is 1. The molecule has 3 rings (SSSR count). The molecular weight excluding hydrogens is 412 g/mol. The number of amides is 1. The average Bonchev–Trinajstić information content (AvgIpc) is 2.79. The minimum absolute atomic E-state index is 0.105. The van der Waals surface area contributed by atoms with Gasteiger partial charge in [0.05, 0.1) is 24.8 Å². The molecule has 1 aliphatic heterocycles. The van der Waals surface area contributed by atoms with Crippen LogP contribution in [0.3, 0.4) is 0 Å². The monoisotopic (exact) mass is 444 g/mol. The normalized spacial score (nSPS) is 18.3. The van der Waals surface area contributed by atoms with Crippen molar-refractivity contribution < 1.29 is 17.9 Å². The van der Waals surface area contributed by atoms with Gasteiger partial charge >= 0.3 is 0 Å². The predicted molar refractivity (Wildman–Crippen MR) is 122 cm³/mol. The Hall–Kier alpha value is -2.38. The van der Waals surface area contributed by atoms with Gasteiger partial charge in [0.2, 0.25) is 15.9 Å². The molecule has 0 unspecified atom stereocenters. The van der Waals surface area contributed by atoms with Crippen LogP contribution in [0.15, 0.2) is 54.6 Å². The lowest BCUT2D eigenvalue weighted by molar-refractivity contribution is -0.126. The number of hydrogen-bond acceptors (Lipinski definition) is 4. The predicted octanol–water partition coefficient (Wildman–Crippen LogP) is 3.55. The van der Waals surface area contributed by atoms with Crippen molar-refractivity contribution in [3.05, 3.63) is 65.7 Å². The van der Waals surface area contributed by atoms with E-state index >= 15 is 0 Å². The van der Waals surface area contributed by atoms with E-state index in [9.17, 15) is 13.2 Å². The molecule has 6 nitrogen and oxygen atoms in total. The fourth-order valence-electron chi connectivity index (χ4n) is 4.07. The van der Waals surface area contributed by atoms with Gasteiger partial charge in [0.1, 0.15) is 5.75 Å². The zero-order valence-corrected chi connectivity index (χ0v) is 19.1. The second-order valence-corrected chi connectivity index (χ2v) is 10.2. The fraction of sp³-hybridized carbons (Fsp3) is 0.458. The highest BCUT2D eigenvalue weighted by molar-refractivity contribution is 7.89. The van der Waals surface area contributed by atoms with Crippen LogP contribution in [0.1, 0.15) is 43.4 Å². The molecule has 1 fully saturated rings. The van der Waals surface area contributed by atoms with E-state index in [0.717, 1.165) is 23.3 Å². The van der Waals surface area contributed by atoms with Crippen molar-refractivity contribution in [3.63, 3.8) is 0 Å². The molecule has 1 aliphatic rings. The molecule has 0 aliphatic carbocycles. The smallest absolute Gasteiger partial charge is 0.224 e. The van der Waals surface area contributed by atoms with E-state index in [-0.39, 0.29) is 30.2 Å². The van der Waals surface area contributed by atoms with Crippen LogP contribution >= 0.6 is 0 Å². The molecule has 7 heteroatoms. The first-order valence-corrected chi connectivity index (χ1v) is 12.5. The van der Waals surface area contributed by atoms with Crippen molar-refractivity contribution in [2.45, 2.75) is 38.6 Å². The van der Waals surface area contributed by atoms with Crippen LogP contribution in [0.5, 0.6) is 5.75 Å². The lowest BCUT2D eigenvalue weighted by atomic mass is 9.97. The van der Waals surface area contributed by atoms with Gasteiger partial charge in [0, 0.05) is 18.7 Å². The summed E-state index contributed by atoms with van der Waals surface area (Å²) in [6, 6.07) is 17.3. The zero-order chi connectivity index (χ0) is 22.3. The van der Waals surface area contributed by atoms with Crippen LogP contribution < -0.4 is 10.1 Å². The summed E-state index contributed by atoms with van der Waals surface area (Å²) in [5, 5.41) is 3.04. The van der Waals surface area contributed by atoms with Gasteiger partial charge in [-0.05, 0) is 44.2 Å². The summed E-state index contributed by atoms with van der Waals surface area (Å²) in [5.41, 5.74) is 2.04. The molecule has 1 N–H and O–H groups in total. The molecule has 2 atom stereocenters. The van der Waals surface area contributed by atoms with E-state index in [0.29, 0.717) is 25.8 Å². The molecule has 2 aromatic carbocycles. The molecule has 0 radical (unpaired) electrons. The Bertz CT molecular complexity index is 963. The van der Waals surface area contributed by atoms with Crippen LogP contribution in [0.4, 0.5) is 0 Å². The number of ether oxygens (including phenoxy) is 1. The van der Waals surface area contributed by atoms with Crippen molar-refractivity contribution in [2.24, 2.45) is 5.92 Å². The van der Waals surface area contributed by atoms with Crippen LogP contribution in [-0.4, -0.2) is 44.6 Å². The Morgan fingerprint density at radius 2 is 1.87 bits per heavy atom. The van der Waals surface area contributed by atoms with Crippen molar-refractivity contribution in [1.82, 2.24) is 9.62 Å². The first kappa shape index (κ1) is 23.3. The Kier molecular flexibility index (Phi) is 8.09. The number of carbonyl (C=O) groups is 1. The van der Waals surface area contributed by atoms with E-state index in [2.05, 4.69) is 5.32 Å². The second-order valence-electron chi connectivity index (χ2n) is 8.07. The highest BCUT2D eigenvalue weighted by Gasteiger charge is 2.32. The highest BCUT2D eigenvalue weighted by Crippen LogP contribution is 2.26. The Morgan fingerprint density at radius 1 is 1.16 bits per heavy atom. The second kappa shape index (κ2) is 10.8. The van der Waals surface area contributed by atoms with E-state index in [1.165, 1.54) is 4.31 Å². The van der Waals surface area contributed by atoms with Gasteiger partial charge in [-0.25, -0.2) is 12.7 Å². The molecule has 0 bridgehead atoms. The van der Waals surface area contributed by atoms with Crippen LogP contribution in [-0.2, 0) is 21.2 Å². The lowest BCUT2D eigenvalue weighted by Crippen LogP contribution is -2.46. The maximum Gasteiger partial charge on any atom is 0.224 e. The maximum atomic E-state index is 12.9. The average molecular weight is 445 g/mol. The summed E-state index contributed by atoms with van der Waals surface area (Å²) in [4.78, 5) is 12.9. The molecule has 1 heterocycles. The number of nitrogens with zero attached hydrogens (tertiary/aromatic N) is 1. The first-order chi connectivity index (χ1) is 14.9. The van der Waals surface area contributed by atoms with Crippen LogP contribution in [0.2, 0.25) is 0 Å². The number of nitrogens with one attached hydrogen (secondary N) is 1. The molecule has 2 aromatic rings. The van der Waals surface area contributed by atoms with Gasteiger partial charge in [-0.2, -0.15) is 0 Å². The number of rotatable bonds is 9. The van der Waals surface area contributed by atoms with Crippen molar-refractivity contribution >= 4 is 15.9 Å². The Morgan fingerprint density at radius 3 is 2.61 bits per heavy atom. The minimum Gasteiger partial charge on any atom is -0.496 e. The number of carbonyl (C=O) groups excluding carboxylic acids is 1. The van der Waals surface area contributed by atoms with E-state index in [1.54, 1.807) is 7.11 Å². The lowest BCUT2D eigenvalue weighted by Gasteiger charge is -2.32. The third-order valence-electron chi connectivity index (χ3n) is 5.82. The van der Waals surface area contributed by atoms with Gasteiger partial charge in [-0.1, -0.05) is 48.5 Å². The van der Waals surface area contributed by atoms with Gasteiger partial charge in [-0.3, -0.25) is 4.79 Å². The van der Waals surface area contributed by atoms with E-state index in [4.69, 9.17) is 4.74 Å². The maximum absolute atomic E-state index is 12.9. The third-order valence-corrected chi connectivity index (χ3v) is 7.75. The fourth-order valence-corrected chi connectivity index (χ4v) is 5.66. The number of benzene rings is 2. The van der Waals surface area contributed by atoms with Crippen molar-refractivity contribution in [1.29, 1.82) is 0 Å². The topological polar surface area (TPSA) is 75.7 Å². The number of sulfonamides is 1. The highest BCUT2D eigenvalue weighted by atomic mass is 32.2. The Balaban J connectivity index is 1.55. The zero-order valence-electron chi connectivity index (χ0n) is 18.3. The number of hydrogen-bond donors (Lipinski definition) is 1. The molecule has 31 heavy (non-hydrogen) atoms. The van der Waals surface area contributed by atoms with Gasteiger partial charge in [0.25, 0.3) is 0 Å². The largest absolute Gasteiger partial charge is 0.496 e. The Labute approximate surface area is 185 Å². The quantitative estimate of drug-likeness (QED) is 0.642. The molecule has 168 valence electrons. The van der Waals surface area contributed by atoms with Crippen molar-refractivity contribution in [2.75, 3.05) is 26.0 Å². The summed E-state index contributed by atoms with van der Waals surface area (Å²) in [6.45, 7) is 2.65. The van der Waals surface area contributed by atoms with Crippen molar-refractivity contribution in [3.8, 4) is 5.75 Å². The standard InChI is InChI=1S/C24H32N2O4S/c1-19(22-14-6-7-15-23(22)30-2)25-24(27)21-13-8-16-26(18-21)31(28,29)17-9-12-20-10-4-3-5-11-20/h3-7,10-11,14-15,19,21H,8-9,12-13,16-18H2,1-2H3,(H,25,27)/t19-,21+/m1/s1. The molecule has 0 aromatic heterocycles. The summed E-state index contributed by atoms with van der Waals surface area (Å²) in [5.74, 6) is 0.382. The van der Waals surface area contributed by atoms with E-state index < -0.39 is 10.0 Å². The molecule has 1 saturated heterocycles. The molecule has 0 saturated carbocycles. The third kappa shape index (κ3) is 6.31. The minimum atomic E-state index is -3.38. The molecular formula is C24H32N2O4S. The van der Waals surface area contributed by atoms with Gasteiger partial charge < -0.3 is 10.1 Å².